The molecule has 1 aliphatic carbocycles. The molecule has 2 amide bonds. The molecule has 3 N–H and O–H groups in total. The fourth-order valence-electron chi connectivity index (χ4n) is 2.52. The molecule has 1 saturated carbocycles. The summed E-state index contributed by atoms with van der Waals surface area (Å²) in [7, 11) is 0. The quantitative estimate of drug-likeness (QED) is 0.792. The number of amides is 2. The molecule has 0 aliphatic heterocycles. The lowest BCUT2D eigenvalue weighted by atomic mass is 9.87. The zero-order valence-corrected chi connectivity index (χ0v) is 12.1. The van der Waals surface area contributed by atoms with Gasteiger partial charge in [-0.2, -0.15) is 0 Å². The maximum absolute atomic E-state index is 11.8. The number of hydrogen-bond acceptors (Lipinski definition) is 3. The summed E-state index contributed by atoms with van der Waals surface area (Å²) in [6.45, 7) is 2.45. The van der Waals surface area contributed by atoms with Gasteiger partial charge >= 0.3 is 12.0 Å². The van der Waals surface area contributed by atoms with Gasteiger partial charge in [-0.3, -0.25) is 4.98 Å². The zero-order valence-electron chi connectivity index (χ0n) is 12.1. The first-order chi connectivity index (χ1) is 10.0. The predicted octanol–water partition coefficient (Wildman–Crippen LogP) is 2.16. The van der Waals surface area contributed by atoms with Crippen molar-refractivity contribution in [3.63, 3.8) is 0 Å². The highest BCUT2D eigenvalue weighted by Crippen LogP contribution is 2.23. The van der Waals surface area contributed by atoms with Crippen molar-refractivity contribution >= 4 is 12.0 Å². The highest BCUT2D eigenvalue weighted by molar-refractivity contribution is 5.87. The molecule has 6 heteroatoms. The number of pyridine rings is 1. The van der Waals surface area contributed by atoms with Gasteiger partial charge in [0.05, 0.1) is 17.8 Å². The van der Waals surface area contributed by atoms with Gasteiger partial charge in [-0.1, -0.05) is 6.92 Å². The molecule has 1 aliphatic rings. The van der Waals surface area contributed by atoms with Gasteiger partial charge in [0.2, 0.25) is 0 Å². The number of nitrogens with one attached hydrogen (secondary N) is 2. The second kappa shape index (κ2) is 7.06. The van der Waals surface area contributed by atoms with E-state index in [1.807, 2.05) is 0 Å². The minimum absolute atomic E-state index is 0.170. The standard InChI is InChI=1S/C15H21N3O3/c1-10-2-4-12(5-3-10)18-15(21)17-9-13-8-11(14(19)20)6-7-16-13/h6-8,10,12H,2-5,9H2,1H3,(H,19,20)(H2,17,18,21). The van der Waals surface area contributed by atoms with Crippen LogP contribution in [0.25, 0.3) is 0 Å². The summed E-state index contributed by atoms with van der Waals surface area (Å²) in [5.74, 6) is -0.256. The third-order valence-electron chi connectivity index (χ3n) is 3.84. The molecular weight excluding hydrogens is 270 g/mol. The molecule has 1 heterocycles. The van der Waals surface area contributed by atoms with Crippen molar-refractivity contribution in [3.05, 3.63) is 29.6 Å². The lowest BCUT2D eigenvalue weighted by Crippen LogP contribution is -2.43. The van der Waals surface area contributed by atoms with E-state index in [4.69, 9.17) is 5.11 Å². The van der Waals surface area contributed by atoms with E-state index >= 15 is 0 Å². The van der Waals surface area contributed by atoms with Crippen molar-refractivity contribution in [2.24, 2.45) is 5.92 Å². The Kier molecular flexibility index (Phi) is 5.14. The van der Waals surface area contributed by atoms with Crippen LogP contribution in [0.3, 0.4) is 0 Å². The molecule has 0 bridgehead atoms. The number of aromatic nitrogens is 1. The van der Waals surface area contributed by atoms with Crippen LogP contribution in [0.1, 0.15) is 48.7 Å². The molecule has 21 heavy (non-hydrogen) atoms. The van der Waals surface area contributed by atoms with Crippen LogP contribution in [0.15, 0.2) is 18.3 Å². The summed E-state index contributed by atoms with van der Waals surface area (Å²) < 4.78 is 0. The minimum Gasteiger partial charge on any atom is -0.478 e. The smallest absolute Gasteiger partial charge is 0.335 e. The number of urea groups is 1. The average Bonchev–Trinajstić information content (AvgIpc) is 2.48. The molecule has 0 aromatic carbocycles. The highest BCUT2D eigenvalue weighted by atomic mass is 16.4. The van der Waals surface area contributed by atoms with Gasteiger partial charge in [-0.25, -0.2) is 9.59 Å². The second-order valence-electron chi connectivity index (χ2n) is 5.62. The zero-order chi connectivity index (χ0) is 15.2. The van der Waals surface area contributed by atoms with Gasteiger partial charge in [-0.05, 0) is 43.7 Å². The van der Waals surface area contributed by atoms with Crippen LogP contribution < -0.4 is 10.6 Å². The third-order valence-corrected chi connectivity index (χ3v) is 3.84. The molecule has 6 nitrogen and oxygen atoms in total. The number of nitrogens with zero attached hydrogens (tertiary/aromatic N) is 1. The van der Waals surface area contributed by atoms with Crippen LogP contribution in [0.5, 0.6) is 0 Å². The van der Waals surface area contributed by atoms with Crippen molar-refractivity contribution in [3.8, 4) is 0 Å². The predicted molar refractivity (Wildman–Crippen MR) is 78.0 cm³/mol. The lowest BCUT2D eigenvalue weighted by Gasteiger charge is -2.26. The Morgan fingerprint density at radius 2 is 2.05 bits per heavy atom. The Morgan fingerprint density at radius 3 is 2.71 bits per heavy atom. The summed E-state index contributed by atoms with van der Waals surface area (Å²) in [6, 6.07) is 2.90. The van der Waals surface area contributed by atoms with Crippen molar-refractivity contribution in [2.75, 3.05) is 0 Å². The Labute approximate surface area is 124 Å². The van der Waals surface area contributed by atoms with E-state index in [2.05, 4.69) is 22.5 Å². The molecule has 0 unspecified atom stereocenters. The Balaban J connectivity index is 1.78. The largest absolute Gasteiger partial charge is 0.478 e. The highest BCUT2D eigenvalue weighted by Gasteiger charge is 2.19. The molecule has 2 rings (SSSR count). The number of rotatable bonds is 4. The van der Waals surface area contributed by atoms with Crippen LogP contribution in [-0.2, 0) is 6.54 Å². The van der Waals surface area contributed by atoms with Gasteiger partial charge in [0.25, 0.3) is 0 Å². The van der Waals surface area contributed by atoms with Crippen LogP contribution >= 0.6 is 0 Å². The van der Waals surface area contributed by atoms with Crippen LogP contribution in [0.2, 0.25) is 0 Å². The van der Waals surface area contributed by atoms with Gasteiger partial charge in [0, 0.05) is 12.2 Å². The first kappa shape index (κ1) is 15.3. The maximum atomic E-state index is 11.8. The Bertz CT molecular complexity index is 511. The fraction of sp³-hybridized carbons (Fsp3) is 0.533. The fourth-order valence-corrected chi connectivity index (χ4v) is 2.52. The van der Waals surface area contributed by atoms with Crippen molar-refractivity contribution < 1.29 is 14.7 Å². The molecule has 0 spiro atoms. The second-order valence-corrected chi connectivity index (χ2v) is 5.62. The SMILES string of the molecule is CC1CCC(NC(=O)NCc2cc(C(=O)O)ccn2)CC1. The van der Waals surface area contributed by atoms with E-state index in [-0.39, 0.29) is 24.2 Å². The first-order valence-corrected chi connectivity index (χ1v) is 7.27. The van der Waals surface area contributed by atoms with E-state index in [9.17, 15) is 9.59 Å². The number of carbonyl (C=O) groups excluding carboxylic acids is 1. The molecule has 0 radical (unpaired) electrons. The Morgan fingerprint density at radius 1 is 1.33 bits per heavy atom. The summed E-state index contributed by atoms with van der Waals surface area (Å²) in [4.78, 5) is 26.7. The van der Waals surface area contributed by atoms with E-state index < -0.39 is 5.97 Å². The summed E-state index contributed by atoms with van der Waals surface area (Å²) >= 11 is 0. The average molecular weight is 291 g/mol. The third kappa shape index (κ3) is 4.73. The molecule has 1 aromatic heterocycles. The van der Waals surface area contributed by atoms with Gasteiger partial charge in [0.15, 0.2) is 0 Å². The van der Waals surface area contributed by atoms with Crippen molar-refractivity contribution in [1.82, 2.24) is 15.6 Å². The molecule has 0 saturated heterocycles. The van der Waals surface area contributed by atoms with Crippen molar-refractivity contribution in [1.29, 1.82) is 0 Å². The topological polar surface area (TPSA) is 91.3 Å². The van der Waals surface area contributed by atoms with E-state index in [0.29, 0.717) is 5.69 Å². The van der Waals surface area contributed by atoms with Crippen molar-refractivity contribution in [2.45, 2.75) is 45.2 Å². The number of carbonyl (C=O) groups is 2. The normalized spacial score (nSPS) is 21.6. The molecule has 114 valence electrons. The van der Waals surface area contributed by atoms with Gasteiger partial charge in [-0.15, -0.1) is 0 Å². The van der Waals surface area contributed by atoms with Gasteiger partial charge < -0.3 is 15.7 Å². The first-order valence-electron chi connectivity index (χ1n) is 7.27. The Hall–Kier alpha value is -2.11. The molecule has 1 aromatic rings. The van der Waals surface area contributed by atoms with E-state index in [1.54, 1.807) is 0 Å². The monoisotopic (exact) mass is 291 g/mol. The summed E-state index contributed by atoms with van der Waals surface area (Å²) in [5.41, 5.74) is 0.700. The summed E-state index contributed by atoms with van der Waals surface area (Å²) in [6.07, 6.45) is 5.75. The number of carboxylic acids is 1. The van der Waals surface area contributed by atoms with Crippen LogP contribution in [0, 0.1) is 5.92 Å². The van der Waals surface area contributed by atoms with Crippen LogP contribution in [-0.4, -0.2) is 28.1 Å². The summed E-state index contributed by atoms with van der Waals surface area (Å²) in [5, 5.41) is 14.6. The van der Waals surface area contributed by atoms with Crippen LogP contribution in [0.4, 0.5) is 4.79 Å². The maximum Gasteiger partial charge on any atom is 0.335 e. The molecule has 1 fully saturated rings. The van der Waals surface area contributed by atoms with Gasteiger partial charge in [0.1, 0.15) is 0 Å². The van der Waals surface area contributed by atoms with E-state index in [1.165, 1.54) is 18.3 Å². The van der Waals surface area contributed by atoms with E-state index in [0.717, 1.165) is 31.6 Å². The number of aromatic carboxylic acids is 1. The molecule has 0 atom stereocenters. The lowest BCUT2D eigenvalue weighted by molar-refractivity contribution is 0.0696. The molecular formula is C15H21N3O3. The minimum atomic E-state index is -1.00. The number of carboxylic acid groups (broad SMARTS) is 1. The number of hydrogen-bond donors (Lipinski definition) is 3.